The fourth-order valence-electron chi connectivity index (χ4n) is 5.62. The van der Waals surface area contributed by atoms with Crippen LogP contribution in [0.4, 0.5) is 0 Å². The van der Waals surface area contributed by atoms with Gasteiger partial charge in [0, 0.05) is 28.3 Å². The molecule has 0 fully saturated rings. The maximum atomic E-state index is 6.65. The first kappa shape index (κ1) is 19.7. The van der Waals surface area contributed by atoms with E-state index in [1.165, 1.54) is 5.56 Å². The van der Waals surface area contributed by atoms with E-state index in [0.29, 0.717) is 0 Å². The third-order valence-electron chi connectivity index (χ3n) is 7.05. The quantitative estimate of drug-likeness (QED) is 0.239. The van der Waals surface area contributed by atoms with E-state index < -0.39 is 0 Å². The van der Waals surface area contributed by atoms with Crippen molar-refractivity contribution in [2.24, 2.45) is 12.5 Å². The van der Waals surface area contributed by atoms with Crippen LogP contribution in [0.15, 0.2) is 63.8 Å². The molecule has 0 atom stereocenters. The predicted molar refractivity (Wildman–Crippen MR) is 136 cm³/mol. The molecule has 6 aromatic rings. The fraction of sp³-hybridized carbons (Fsp3) is 0.233. The highest BCUT2D eigenvalue weighted by molar-refractivity contribution is 6.17. The molecule has 0 saturated heterocycles. The number of hydrogen-bond donors (Lipinski definition) is 0. The Balaban J connectivity index is 1.58. The van der Waals surface area contributed by atoms with Crippen molar-refractivity contribution in [2.75, 3.05) is 0 Å². The molecule has 0 spiro atoms. The second-order valence-corrected chi connectivity index (χ2v) is 10.8. The van der Waals surface area contributed by atoms with Crippen LogP contribution in [0.2, 0.25) is 0 Å². The van der Waals surface area contributed by atoms with Gasteiger partial charge in [-0.2, -0.15) is 0 Å². The molecular weight excluding hydrogens is 422 g/mol. The number of fused-ring (bicyclic) bond motifs is 7. The van der Waals surface area contributed by atoms with E-state index in [2.05, 4.69) is 75.8 Å². The van der Waals surface area contributed by atoms with Crippen LogP contribution in [0.5, 0.6) is 11.5 Å². The number of aromatic nitrogens is 1. The Kier molecular flexibility index (Phi) is 3.71. The fourth-order valence-corrected chi connectivity index (χ4v) is 5.62. The van der Waals surface area contributed by atoms with Crippen LogP contribution in [0.1, 0.15) is 31.9 Å². The van der Waals surface area contributed by atoms with Gasteiger partial charge in [0.05, 0.1) is 11.8 Å². The van der Waals surface area contributed by atoms with Crippen LogP contribution in [-0.4, -0.2) is 0 Å². The summed E-state index contributed by atoms with van der Waals surface area (Å²) < 4.78 is 21.1. The Hall–Kier alpha value is -3.79. The summed E-state index contributed by atoms with van der Waals surface area (Å²) in [6.07, 6.45) is 4.87. The number of pyridine rings is 1. The molecule has 0 amide bonds. The van der Waals surface area contributed by atoms with E-state index in [9.17, 15) is 0 Å². The van der Waals surface area contributed by atoms with Gasteiger partial charge in [-0.1, -0.05) is 32.9 Å². The zero-order valence-electron chi connectivity index (χ0n) is 20.1. The van der Waals surface area contributed by atoms with Crippen LogP contribution in [0, 0.1) is 12.3 Å². The van der Waals surface area contributed by atoms with Gasteiger partial charge in [0.15, 0.2) is 17.5 Å². The van der Waals surface area contributed by atoms with E-state index in [-0.39, 0.29) is 5.41 Å². The second-order valence-electron chi connectivity index (χ2n) is 10.8. The molecule has 0 N–H and O–H groups in total. The van der Waals surface area contributed by atoms with Gasteiger partial charge in [-0.3, -0.25) is 0 Å². The Labute approximate surface area is 197 Å². The van der Waals surface area contributed by atoms with Crippen molar-refractivity contribution < 1.29 is 18.1 Å². The van der Waals surface area contributed by atoms with Gasteiger partial charge in [0.2, 0.25) is 5.69 Å². The number of hydrogen-bond acceptors (Lipinski definition) is 3. The van der Waals surface area contributed by atoms with Gasteiger partial charge in [0.25, 0.3) is 0 Å². The average molecular weight is 449 g/mol. The Morgan fingerprint density at radius 2 is 1.76 bits per heavy atom. The van der Waals surface area contributed by atoms with Crippen molar-refractivity contribution >= 4 is 43.7 Å². The van der Waals surface area contributed by atoms with Crippen LogP contribution < -0.4 is 9.30 Å². The van der Waals surface area contributed by atoms with Gasteiger partial charge in [-0.05, 0) is 53.5 Å². The number of aryl methyl sites for hydroxylation is 2. The highest BCUT2D eigenvalue weighted by atomic mass is 16.5. The molecule has 3 aromatic carbocycles. The second kappa shape index (κ2) is 6.41. The average Bonchev–Trinajstić information content (AvgIpc) is 3.39. The highest BCUT2D eigenvalue weighted by Crippen LogP contribution is 2.52. The predicted octanol–water partition coefficient (Wildman–Crippen LogP) is 7.98. The standard InChI is InChI=1S/C30H26NO3/c1-16-19-9-11-32-22(19)14-24-25(16)27-26-18(8-10-31(27)5)13-21-20-7-6-17(15-30(2,3)4)12-23(20)33-28(21)29(26)34-24/h6-14H,15H2,1-5H3/q+1. The van der Waals surface area contributed by atoms with Crippen molar-refractivity contribution in [1.82, 2.24) is 0 Å². The molecule has 1 aliphatic rings. The smallest absolute Gasteiger partial charge is 0.228 e. The molecule has 3 aromatic heterocycles. The molecule has 0 radical (unpaired) electrons. The van der Waals surface area contributed by atoms with Gasteiger partial charge >= 0.3 is 0 Å². The lowest BCUT2D eigenvalue weighted by Crippen LogP contribution is -2.31. The summed E-state index contributed by atoms with van der Waals surface area (Å²) >= 11 is 0. The Bertz CT molecular complexity index is 1810. The summed E-state index contributed by atoms with van der Waals surface area (Å²) in [6, 6.07) is 15.0. The number of nitrogens with zero attached hydrogens (tertiary/aromatic N) is 1. The summed E-state index contributed by atoms with van der Waals surface area (Å²) in [6.45, 7) is 8.92. The molecular formula is C30H26NO3+. The van der Waals surface area contributed by atoms with Gasteiger partial charge in [-0.25, -0.2) is 4.57 Å². The minimum atomic E-state index is 0.214. The molecule has 0 unspecified atom stereocenters. The van der Waals surface area contributed by atoms with Gasteiger partial charge in [0.1, 0.15) is 29.3 Å². The molecule has 0 bridgehead atoms. The molecule has 168 valence electrons. The first-order valence-corrected chi connectivity index (χ1v) is 11.8. The van der Waals surface area contributed by atoms with Crippen LogP contribution in [0.25, 0.3) is 54.9 Å². The van der Waals surface area contributed by atoms with Crippen LogP contribution >= 0.6 is 0 Å². The van der Waals surface area contributed by atoms with E-state index in [0.717, 1.165) is 78.4 Å². The topological polar surface area (TPSA) is 39.4 Å². The summed E-state index contributed by atoms with van der Waals surface area (Å²) in [4.78, 5) is 0. The normalized spacial score (nSPS) is 13.2. The lowest BCUT2D eigenvalue weighted by Gasteiger charge is -2.21. The lowest BCUT2D eigenvalue weighted by molar-refractivity contribution is -0.659. The first-order valence-electron chi connectivity index (χ1n) is 11.8. The summed E-state index contributed by atoms with van der Waals surface area (Å²) in [5, 5.41) is 5.55. The molecule has 4 heteroatoms. The van der Waals surface area contributed by atoms with Crippen molar-refractivity contribution in [3.63, 3.8) is 0 Å². The largest absolute Gasteiger partial charge is 0.464 e. The molecule has 7 rings (SSSR count). The summed E-state index contributed by atoms with van der Waals surface area (Å²) in [5.74, 6) is 1.59. The van der Waals surface area contributed by atoms with Crippen molar-refractivity contribution in [2.45, 2.75) is 34.1 Å². The first-order chi connectivity index (χ1) is 16.3. The Morgan fingerprint density at radius 3 is 2.59 bits per heavy atom. The highest BCUT2D eigenvalue weighted by Gasteiger charge is 2.33. The minimum absolute atomic E-state index is 0.214. The molecule has 4 nitrogen and oxygen atoms in total. The number of ether oxygens (including phenoxy) is 1. The van der Waals surface area contributed by atoms with E-state index in [4.69, 9.17) is 13.6 Å². The summed E-state index contributed by atoms with van der Waals surface area (Å²) in [7, 11) is 2.09. The number of benzene rings is 3. The van der Waals surface area contributed by atoms with Crippen molar-refractivity contribution in [1.29, 1.82) is 0 Å². The molecule has 4 heterocycles. The third kappa shape index (κ3) is 2.62. The molecule has 1 aliphatic heterocycles. The number of rotatable bonds is 1. The summed E-state index contributed by atoms with van der Waals surface area (Å²) in [5.41, 5.74) is 7.44. The molecule has 34 heavy (non-hydrogen) atoms. The lowest BCUT2D eigenvalue weighted by atomic mass is 9.88. The SMILES string of the molecule is Cc1c2c(cc3occc13)Oc1c3oc4cc(CC(C)(C)C)ccc4c3cc3cc[n+](C)c-2c13. The van der Waals surface area contributed by atoms with Crippen LogP contribution in [0.3, 0.4) is 0 Å². The van der Waals surface area contributed by atoms with Crippen molar-refractivity contribution in [3.05, 3.63) is 66.1 Å². The van der Waals surface area contributed by atoms with Crippen molar-refractivity contribution in [3.8, 4) is 22.8 Å². The van der Waals surface area contributed by atoms with Gasteiger partial charge in [-0.15, -0.1) is 0 Å². The van der Waals surface area contributed by atoms with Crippen LogP contribution in [-0.2, 0) is 13.5 Å². The maximum Gasteiger partial charge on any atom is 0.228 e. The molecule has 0 aliphatic carbocycles. The molecule has 0 saturated carbocycles. The van der Waals surface area contributed by atoms with Gasteiger partial charge < -0.3 is 13.6 Å². The van der Waals surface area contributed by atoms with E-state index >= 15 is 0 Å². The maximum absolute atomic E-state index is 6.65. The zero-order valence-corrected chi connectivity index (χ0v) is 20.1. The van der Waals surface area contributed by atoms with E-state index in [1.54, 1.807) is 6.26 Å². The minimum Gasteiger partial charge on any atom is -0.464 e. The number of furan rings is 2. The Morgan fingerprint density at radius 1 is 0.912 bits per heavy atom. The van der Waals surface area contributed by atoms with E-state index in [1.807, 2.05) is 12.1 Å². The zero-order chi connectivity index (χ0) is 23.4. The monoisotopic (exact) mass is 448 g/mol. The third-order valence-corrected chi connectivity index (χ3v) is 7.05.